The summed E-state index contributed by atoms with van der Waals surface area (Å²) < 4.78 is 26.1. The molecule has 0 aromatic heterocycles. The quantitative estimate of drug-likeness (QED) is 0.648. The van der Waals surface area contributed by atoms with E-state index in [0.29, 0.717) is 5.17 Å². The molecule has 4 nitrogen and oxygen atoms in total. The first-order chi connectivity index (χ1) is 7.49. The fraction of sp³-hybridized carbons (Fsp3) is 0.300. The van der Waals surface area contributed by atoms with E-state index in [1.807, 2.05) is 6.92 Å². The first-order valence-electron chi connectivity index (χ1n) is 4.60. The molecule has 88 valence electrons. The number of rotatable bonds is 2. The Bertz CT molecular complexity index is 478. The van der Waals surface area contributed by atoms with Crippen molar-refractivity contribution >= 4 is 27.0 Å². The van der Waals surface area contributed by atoms with Gasteiger partial charge in [-0.3, -0.25) is 9.71 Å². The number of thioether (sulfide) groups is 1. The number of nitrogens with one attached hydrogen (secondary N) is 1. The minimum Gasteiger partial charge on any atom is -0.265 e. The summed E-state index contributed by atoms with van der Waals surface area (Å²) in [5.41, 5.74) is 1.02. The Balaban J connectivity index is 2.99. The lowest BCUT2D eigenvalue weighted by atomic mass is 10.2. The third-order valence-electron chi connectivity index (χ3n) is 1.95. The lowest BCUT2D eigenvalue weighted by molar-refractivity contribution is 0.593. The van der Waals surface area contributed by atoms with Gasteiger partial charge in [-0.15, -0.1) is 0 Å². The maximum Gasteiger partial charge on any atom is 0.263 e. The zero-order chi connectivity index (χ0) is 12.2. The second-order valence-electron chi connectivity index (χ2n) is 3.15. The van der Waals surface area contributed by atoms with E-state index in [-0.39, 0.29) is 4.90 Å². The van der Waals surface area contributed by atoms with Crippen molar-refractivity contribution < 1.29 is 8.42 Å². The average Bonchev–Trinajstić information content (AvgIpc) is 2.26. The molecule has 0 aliphatic rings. The lowest BCUT2D eigenvalue weighted by Gasteiger charge is -2.08. The second-order valence-corrected chi connectivity index (χ2v) is 5.63. The molecule has 0 fully saturated rings. The fourth-order valence-corrected chi connectivity index (χ4v) is 2.85. The van der Waals surface area contributed by atoms with Crippen LogP contribution in [-0.4, -0.2) is 26.9 Å². The predicted molar refractivity (Wildman–Crippen MR) is 68.4 cm³/mol. The highest BCUT2D eigenvalue weighted by molar-refractivity contribution is 8.14. The van der Waals surface area contributed by atoms with Gasteiger partial charge in [0, 0.05) is 7.05 Å². The van der Waals surface area contributed by atoms with Crippen molar-refractivity contribution in [1.82, 2.24) is 4.72 Å². The Morgan fingerprint density at radius 2 is 1.88 bits per heavy atom. The van der Waals surface area contributed by atoms with Gasteiger partial charge in [-0.05, 0) is 25.3 Å². The van der Waals surface area contributed by atoms with Crippen molar-refractivity contribution in [3.05, 3.63) is 29.8 Å². The molecule has 16 heavy (non-hydrogen) atoms. The van der Waals surface area contributed by atoms with Crippen LogP contribution in [0.3, 0.4) is 0 Å². The van der Waals surface area contributed by atoms with Gasteiger partial charge in [0.15, 0.2) is 5.17 Å². The molecule has 0 aliphatic carbocycles. The maximum absolute atomic E-state index is 11.9. The van der Waals surface area contributed by atoms with Gasteiger partial charge in [0.1, 0.15) is 0 Å². The number of benzene rings is 1. The van der Waals surface area contributed by atoms with Crippen LogP contribution in [0.15, 0.2) is 34.2 Å². The SMILES string of the molecule is CN=C(NS(=O)(=O)c1ccc(C)cc1)SC. The zero-order valence-corrected chi connectivity index (χ0v) is 11.0. The van der Waals surface area contributed by atoms with E-state index in [2.05, 4.69) is 9.71 Å². The summed E-state index contributed by atoms with van der Waals surface area (Å²) in [6.07, 6.45) is 1.76. The van der Waals surface area contributed by atoms with Gasteiger partial charge in [0.05, 0.1) is 4.90 Å². The molecule has 1 aromatic rings. The Kier molecular flexibility index (Phi) is 4.37. The number of aliphatic imine (C=N–C) groups is 1. The molecule has 1 aromatic carbocycles. The van der Waals surface area contributed by atoms with Gasteiger partial charge in [-0.25, -0.2) is 8.42 Å². The number of nitrogens with zero attached hydrogens (tertiary/aromatic N) is 1. The van der Waals surface area contributed by atoms with Crippen LogP contribution in [0.4, 0.5) is 0 Å². The molecular weight excluding hydrogens is 244 g/mol. The largest absolute Gasteiger partial charge is 0.265 e. The summed E-state index contributed by atoms with van der Waals surface area (Å²) >= 11 is 1.25. The molecule has 0 amide bonds. The summed E-state index contributed by atoms with van der Waals surface area (Å²) in [7, 11) is -1.96. The van der Waals surface area contributed by atoms with Crippen LogP contribution in [0.2, 0.25) is 0 Å². The topological polar surface area (TPSA) is 58.5 Å². The monoisotopic (exact) mass is 258 g/mol. The van der Waals surface area contributed by atoms with Gasteiger partial charge >= 0.3 is 0 Å². The number of hydrogen-bond acceptors (Lipinski definition) is 4. The van der Waals surface area contributed by atoms with Crippen LogP contribution in [-0.2, 0) is 10.0 Å². The van der Waals surface area contributed by atoms with Gasteiger partial charge in [0.2, 0.25) is 0 Å². The Morgan fingerprint density at radius 1 is 1.31 bits per heavy atom. The molecule has 0 spiro atoms. The summed E-state index contributed by atoms with van der Waals surface area (Å²) in [5.74, 6) is 0. The molecule has 0 saturated heterocycles. The van der Waals surface area contributed by atoms with Crippen LogP contribution in [0.5, 0.6) is 0 Å². The Labute approximate surface area is 100 Å². The molecular formula is C10H14N2O2S2. The van der Waals surface area contributed by atoms with Gasteiger partial charge in [-0.1, -0.05) is 29.5 Å². The van der Waals surface area contributed by atoms with Crippen LogP contribution in [0.25, 0.3) is 0 Å². The van der Waals surface area contributed by atoms with Crippen LogP contribution < -0.4 is 4.72 Å². The van der Waals surface area contributed by atoms with Crippen molar-refractivity contribution in [2.75, 3.05) is 13.3 Å². The normalized spacial score (nSPS) is 12.6. The lowest BCUT2D eigenvalue weighted by Crippen LogP contribution is -2.28. The van der Waals surface area contributed by atoms with E-state index in [1.165, 1.54) is 11.8 Å². The molecule has 0 bridgehead atoms. The molecule has 6 heteroatoms. The molecule has 0 aliphatic heterocycles. The van der Waals surface area contributed by atoms with Crippen LogP contribution in [0.1, 0.15) is 5.56 Å². The number of aryl methyl sites for hydroxylation is 1. The summed E-state index contributed by atoms with van der Waals surface area (Å²) in [5, 5.41) is 0.376. The van der Waals surface area contributed by atoms with E-state index >= 15 is 0 Å². The first-order valence-corrected chi connectivity index (χ1v) is 7.30. The highest BCUT2D eigenvalue weighted by atomic mass is 32.2. The van der Waals surface area contributed by atoms with Crippen molar-refractivity contribution in [2.45, 2.75) is 11.8 Å². The van der Waals surface area contributed by atoms with Crippen molar-refractivity contribution in [2.24, 2.45) is 4.99 Å². The highest BCUT2D eigenvalue weighted by Gasteiger charge is 2.14. The van der Waals surface area contributed by atoms with Crippen LogP contribution >= 0.6 is 11.8 Å². The number of sulfonamides is 1. The fourth-order valence-electron chi connectivity index (χ4n) is 1.07. The molecule has 0 radical (unpaired) electrons. The molecule has 0 unspecified atom stereocenters. The maximum atomic E-state index is 11.9. The van der Waals surface area contributed by atoms with E-state index in [0.717, 1.165) is 5.56 Å². The van der Waals surface area contributed by atoms with Crippen LogP contribution in [0, 0.1) is 6.92 Å². The molecule has 1 N–H and O–H groups in total. The third kappa shape index (κ3) is 3.24. The Hall–Kier alpha value is -1.01. The van der Waals surface area contributed by atoms with E-state index in [4.69, 9.17) is 0 Å². The summed E-state index contributed by atoms with van der Waals surface area (Å²) in [6.45, 7) is 1.91. The average molecular weight is 258 g/mol. The molecule has 0 saturated carbocycles. The van der Waals surface area contributed by atoms with E-state index in [9.17, 15) is 8.42 Å². The van der Waals surface area contributed by atoms with E-state index in [1.54, 1.807) is 37.6 Å². The van der Waals surface area contributed by atoms with Gasteiger partial charge in [0.25, 0.3) is 10.0 Å². The predicted octanol–water partition coefficient (Wildman–Crippen LogP) is 1.62. The molecule has 0 atom stereocenters. The van der Waals surface area contributed by atoms with Crippen molar-refractivity contribution in [1.29, 1.82) is 0 Å². The zero-order valence-electron chi connectivity index (χ0n) is 9.39. The van der Waals surface area contributed by atoms with Crippen molar-refractivity contribution in [3.8, 4) is 0 Å². The van der Waals surface area contributed by atoms with Crippen molar-refractivity contribution in [3.63, 3.8) is 0 Å². The number of hydrogen-bond donors (Lipinski definition) is 1. The van der Waals surface area contributed by atoms with Gasteiger partial charge in [-0.2, -0.15) is 0 Å². The standard InChI is InChI=1S/C10H14N2O2S2/c1-8-4-6-9(7-5-8)16(13,14)12-10(11-2)15-3/h4-7H,1-3H3,(H,11,12). The summed E-state index contributed by atoms with van der Waals surface area (Å²) in [4.78, 5) is 4.07. The first kappa shape index (κ1) is 13.1. The smallest absolute Gasteiger partial charge is 0.263 e. The highest BCUT2D eigenvalue weighted by Crippen LogP contribution is 2.11. The van der Waals surface area contributed by atoms with Gasteiger partial charge < -0.3 is 0 Å². The summed E-state index contributed by atoms with van der Waals surface area (Å²) in [6, 6.07) is 6.67. The number of amidine groups is 1. The minimum absolute atomic E-state index is 0.244. The minimum atomic E-state index is -3.50. The second kappa shape index (κ2) is 5.36. The molecule has 1 rings (SSSR count). The van der Waals surface area contributed by atoms with E-state index < -0.39 is 10.0 Å². The molecule has 0 heterocycles. The Morgan fingerprint density at radius 3 is 2.31 bits per heavy atom. The third-order valence-corrected chi connectivity index (χ3v) is 4.10.